The van der Waals surface area contributed by atoms with Gasteiger partial charge in [0.1, 0.15) is 6.04 Å². The lowest BCUT2D eigenvalue weighted by Gasteiger charge is -2.29. The van der Waals surface area contributed by atoms with Gasteiger partial charge in [0.15, 0.2) is 0 Å². The molecule has 0 aliphatic carbocycles. The van der Waals surface area contributed by atoms with Gasteiger partial charge in [0.2, 0.25) is 0 Å². The van der Waals surface area contributed by atoms with Crippen molar-refractivity contribution in [2.24, 2.45) is 5.41 Å². The lowest BCUT2D eigenvalue weighted by Crippen LogP contribution is -2.31. The van der Waals surface area contributed by atoms with Gasteiger partial charge in [0.05, 0.1) is 7.11 Å². The fourth-order valence-electron chi connectivity index (χ4n) is 1.55. The van der Waals surface area contributed by atoms with Crippen molar-refractivity contribution >= 4 is 5.97 Å². The molecule has 0 aliphatic heterocycles. The molecule has 0 amide bonds. The minimum atomic E-state index is -0.262. The lowest BCUT2D eigenvalue weighted by molar-refractivity contribution is -0.148. The first-order valence-corrected chi connectivity index (χ1v) is 4.67. The van der Waals surface area contributed by atoms with Crippen LogP contribution in [0.15, 0.2) is 24.5 Å². The van der Waals surface area contributed by atoms with E-state index in [1.807, 2.05) is 49.9 Å². The SMILES string of the molecule is COC(=O)C(n1cccc1)C(C)(C)C. The van der Waals surface area contributed by atoms with E-state index in [0.717, 1.165) is 0 Å². The molecule has 0 fully saturated rings. The highest BCUT2D eigenvalue weighted by Crippen LogP contribution is 2.31. The van der Waals surface area contributed by atoms with Gasteiger partial charge in [0.25, 0.3) is 0 Å². The summed E-state index contributed by atoms with van der Waals surface area (Å²) in [5, 5.41) is 0. The van der Waals surface area contributed by atoms with Crippen LogP contribution in [-0.4, -0.2) is 17.6 Å². The predicted octanol–water partition coefficient (Wildman–Crippen LogP) is 2.25. The topological polar surface area (TPSA) is 31.2 Å². The largest absolute Gasteiger partial charge is 0.467 e. The number of aromatic nitrogens is 1. The fraction of sp³-hybridized carbons (Fsp3) is 0.545. The van der Waals surface area contributed by atoms with Gasteiger partial charge in [-0.15, -0.1) is 0 Å². The van der Waals surface area contributed by atoms with Gasteiger partial charge < -0.3 is 9.30 Å². The monoisotopic (exact) mass is 195 g/mol. The number of methoxy groups -OCH3 is 1. The third-order valence-corrected chi connectivity index (χ3v) is 2.17. The molecule has 0 saturated heterocycles. The van der Waals surface area contributed by atoms with Crippen LogP contribution in [0.25, 0.3) is 0 Å². The Kier molecular flexibility index (Phi) is 2.99. The second kappa shape index (κ2) is 3.86. The fourth-order valence-corrected chi connectivity index (χ4v) is 1.55. The van der Waals surface area contributed by atoms with Crippen molar-refractivity contribution in [3.8, 4) is 0 Å². The second-order valence-corrected chi connectivity index (χ2v) is 4.42. The highest BCUT2D eigenvalue weighted by Gasteiger charge is 2.33. The molecule has 1 atom stereocenters. The Balaban J connectivity index is 3.01. The summed E-state index contributed by atoms with van der Waals surface area (Å²) in [6.45, 7) is 6.07. The highest BCUT2D eigenvalue weighted by molar-refractivity contribution is 5.75. The Morgan fingerprint density at radius 3 is 2.14 bits per heavy atom. The van der Waals surface area contributed by atoms with Crippen molar-refractivity contribution < 1.29 is 9.53 Å². The maximum absolute atomic E-state index is 11.6. The van der Waals surface area contributed by atoms with Gasteiger partial charge in [-0.3, -0.25) is 0 Å². The van der Waals surface area contributed by atoms with Crippen molar-refractivity contribution in [1.29, 1.82) is 0 Å². The van der Waals surface area contributed by atoms with Crippen LogP contribution >= 0.6 is 0 Å². The van der Waals surface area contributed by atoms with Crippen LogP contribution in [0, 0.1) is 5.41 Å². The van der Waals surface area contributed by atoms with E-state index in [0.29, 0.717) is 0 Å². The van der Waals surface area contributed by atoms with Gasteiger partial charge in [0, 0.05) is 12.4 Å². The zero-order valence-corrected chi connectivity index (χ0v) is 9.15. The minimum absolute atomic E-state index is 0.147. The van der Waals surface area contributed by atoms with Crippen LogP contribution in [-0.2, 0) is 9.53 Å². The van der Waals surface area contributed by atoms with E-state index in [4.69, 9.17) is 4.74 Å². The van der Waals surface area contributed by atoms with Gasteiger partial charge in [-0.2, -0.15) is 0 Å². The van der Waals surface area contributed by atoms with Gasteiger partial charge in [-0.05, 0) is 17.5 Å². The predicted molar refractivity (Wildman–Crippen MR) is 54.9 cm³/mol. The summed E-state index contributed by atoms with van der Waals surface area (Å²) in [5.74, 6) is -0.200. The van der Waals surface area contributed by atoms with Crippen LogP contribution in [0.5, 0.6) is 0 Å². The smallest absolute Gasteiger partial charge is 0.329 e. The summed E-state index contributed by atoms with van der Waals surface area (Å²) in [7, 11) is 1.42. The molecule has 0 bridgehead atoms. The summed E-state index contributed by atoms with van der Waals surface area (Å²) < 4.78 is 6.68. The molecule has 1 aromatic rings. The number of esters is 1. The summed E-state index contributed by atoms with van der Waals surface area (Å²) >= 11 is 0. The Hall–Kier alpha value is -1.25. The van der Waals surface area contributed by atoms with Crippen molar-refractivity contribution in [3.63, 3.8) is 0 Å². The van der Waals surface area contributed by atoms with E-state index < -0.39 is 0 Å². The first kappa shape index (κ1) is 10.8. The molecule has 0 aromatic carbocycles. The zero-order valence-electron chi connectivity index (χ0n) is 9.15. The lowest BCUT2D eigenvalue weighted by atomic mass is 9.86. The molecule has 1 heterocycles. The van der Waals surface area contributed by atoms with E-state index in [-0.39, 0.29) is 17.4 Å². The van der Waals surface area contributed by atoms with Crippen LogP contribution in [0.3, 0.4) is 0 Å². The van der Waals surface area contributed by atoms with Crippen LogP contribution < -0.4 is 0 Å². The third-order valence-electron chi connectivity index (χ3n) is 2.17. The summed E-state index contributed by atoms with van der Waals surface area (Å²) in [6, 6.07) is 3.55. The zero-order chi connectivity index (χ0) is 10.8. The standard InChI is InChI=1S/C11H17NO2/c1-11(2,3)9(10(13)14-4)12-7-5-6-8-12/h5-9H,1-4H3. The van der Waals surface area contributed by atoms with E-state index >= 15 is 0 Å². The Labute approximate surface area is 84.7 Å². The summed E-state index contributed by atoms with van der Waals surface area (Å²) in [5.41, 5.74) is -0.147. The normalized spacial score (nSPS) is 13.7. The number of rotatable bonds is 2. The molecule has 1 rings (SSSR count). The maximum Gasteiger partial charge on any atom is 0.329 e. The van der Waals surface area contributed by atoms with Crippen molar-refractivity contribution in [2.75, 3.05) is 7.11 Å². The van der Waals surface area contributed by atoms with E-state index in [9.17, 15) is 4.79 Å². The molecule has 0 radical (unpaired) electrons. The quantitative estimate of drug-likeness (QED) is 0.678. The molecule has 14 heavy (non-hydrogen) atoms. The first-order valence-electron chi connectivity index (χ1n) is 4.67. The molecule has 1 unspecified atom stereocenters. The second-order valence-electron chi connectivity index (χ2n) is 4.42. The summed E-state index contributed by atoms with van der Waals surface area (Å²) in [6.07, 6.45) is 3.76. The van der Waals surface area contributed by atoms with Crippen LogP contribution in [0.4, 0.5) is 0 Å². The van der Waals surface area contributed by atoms with E-state index in [2.05, 4.69) is 0 Å². The average Bonchev–Trinajstić information content (AvgIpc) is 2.54. The average molecular weight is 195 g/mol. The number of carbonyl (C=O) groups excluding carboxylic acids is 1. The molecule has 78 valence electrons. The van der Waals surface area contributed by atoms with Crippen molar-refractivity contribution in [2.45, 2.75) is 26.8 Å². The molecule has 1 aromatic heterocycles. The van der Waals surface area contributed by atoms with Gasteiger partial charge in [-0.1, -0.05) is 20.8 Å². The number of hydrogen-bond donors (Lipinski definition) is 0. The molecule has 3 nitrogen and oxygen atoms in total. The number of ether oxygens (including phenoxy) is 1. The molecular weight excluding hydrogens is 178 g/mol. The van der Waals surface area contributed by atoms with E-state index in [1.54, 1.807) is 0 Å². The Morgan fingerprint density at radius 2 is 1.79 bits per heavy atom. The highest BCUT2D eigenvalue weighted by atomic mass is 16.5. The number of carbonyl (C=O) groups is 1. The summed E-state index contributed by atoms with van der Waals surface area (Å²) in [4.78, 5) is 11.6. The molecule has 3 heteroatoms. The van der Waals surface area contributed by atoms with Crippen molar-refractivity contribution in [1.82, 2.24) is 4.57 Å². The van der Waals surface area contributed by atoms with Gasteiger partial charge >= 0.3 is 5.97 Å². The van der Waals surface area contributed by atoms with Crippen LogP contribution in [0.2, 0.25) is 0 Å². The molecule has 0 aliphatic rings. The third kappa shape index (κ3) is 2.16. The minimum Gasteiger partial charge on any atom is -0.467 e. The number of nitrogens with zero attached hydrogens (tertiary/aromatic N) is 1. The number of hydrogen-bond acceptors (Lipinski definition) is 2. The first-order chi connectivity index (χ1) is 6.46. The molecular formula is C11H17NO2. The Bertz CT molecular complexity index is 296. The van der Waals surface area contributed by atoms with Gasteiger partial charge in [-0.25, -0.2) is 4.79 Å². The Morgan fingerprint density at radius 1 is 1.29 bits per heavy atom. The van der Waals surface area contributed by atoms with E-state index in [1.165, 1.54) is 7.11 Å². The molecule has 0 spiro atoms. The maximum atomic E-state index is 11.6. The molecule has 0 saturated carbocycles. The van der Waals surface area contributed by atoms with Crippen molar-refractivity contribution in [3.05, 3.63) is 24.5 Å². The molecule has 0 N–H and O–H groups in total. The van der Waals surface area contributed by atoms with Crippen LogP contribution in [0.1, 0.15) is 26.8 Å².